The van der Waals surface area contributed by atoms with Gasteiger partial charge in [-0.3, -0.25) is 9.78 Å². The number of nitrogens with two attached hydrogens (primary N) is 1. The lowest BCUT2D eigenvalue weighted by molar-refractivity contribution is -0.121. The van der Waals surface area contributed by atoms with E-state index < -0.39 is 11.3 Å². The third-order valence-corrected chi connectivity index (χ3v) is 3.50. The van der Waals surface area contributed by atoms with Gasteiger partial charge in [-0.25, -0.2) is 0 Å². The maximum absolute atomic E-state index is 11.1. The number of hydrogen-bond donors (Lipinski definition) is 1. The van der Waals surface area contributed by atoms with Crippen LogP contribution in [0.4, 0.5) is 0 Å². The molecule has 0 saturated heterocycles. The van der Waals surface area contributed by atoms with Gasteiger partial charge in [-0.2, -0.15) is 0 Å². The molecule has 0 saturated carbocycles. The van der Waals surface area contributed by atoms with Crippen LogP contribution in [0.5, 0.6) is 5.75 Å². The van der Waals surface area contributed by atoms with Gasteiger partial charge in [0.1, 0.15) is 5.75 Å². The summed E-state index contributed by atoms with van der Waals surface area (Å²) in [7, 11) is 0. The van der Waals surface area contributed by atoms with Crippen LogP contribution in [0.25, 0.3) is 10.9 Å². The normalized spacial score (nSPS) is 12.3. The summed E-state index contributed by atoms with van der Waals surface area (Å²) in [6, 6.07) is 7.39. The van der Waals surface area contributed by atoms with Crippen molar-refractivity contribution in [1.29, 1.82) is 0 Å². The van der Waals surface area contributed by atoms with Crippen LogP contribution in [0.3, 0.4) is 0 Å². The molecule has 6 heteroatoms. The number of carbonyl (C=O) groups is 1. The topological polar surface area (TPSA) is 65.2 Å². The molecule has 0 aliphatic carbocycles. The van der Waals surface area contributed by atoms with E-state index in [0.29, 0.717) is 5.75 Å². The highest BCUT2D eigenvalue weighted by atomic mass is 79.9. The molecule has 0 spiro atoms. The molecule has 1 unspecified atom stereocenters. The molecule has 0 fully saturated rings. The lowest BCUT2D eigenvalue weighted by Gasteiger charge is -2.13. The highest BCUT2D eigenvalue weighted by Gasteiger charge is 2.15. The minimum Gasteiger partial charge on any atom is -0.470 e. The first-order valence-electron chi connectivity index (χ1n) is 5.14. The van der Waals surface area contributed by atoms with Gasteiger partial charge in [-0.15, -0.1) is 11.8 Å². The number of hydrogen-bond acceptors (Lipinski definition) is 4. The van der Waals surface area contributed by atoms with Gasteiger partial charge in [0.15, 0.2) is 0 Å². The summed E-state index contributed by atoms with van der Waals surface area (Å²) in [6.45, 7) is 0. The molecule has 1 aromatic carbocycles. The quantitative estimate of drug-likeness (QED) is 0.877. The molecular formula is C12H11BrN2O2S. The van der Waals surface area contributed by atoms with E-state index in [4.69, 9.17) is 10.5 Å². The Bertz CT molecular complexity index is 591. The van der Waals surface area contributed by atoms with E-state index in [1.807, 2.05) is 18.2 Å². The molecule has 1 atom stereocenters. The standard InChI is InChI=1S/C12H11BrN2O2S/c1-18-12(11(14)16)17-9-2-3-10-7(5-9)4-8(13)6-15-10/h2-6,12H,1H3,(H2,14,16). The van der Waals surface area contributed by atoms with E-state index in [1.54, 1.807) is 18.5 Å². The van der Waals surface area contributed by atoms with Crippen LogP contribution in [-0.2, 0) is 4.79 Å². The summed E-state index contributed by atoms with van der Waals surface area (Å²) in [5.74, 6) is 0.107. The van der Waals surface area contributed by atoms with Crippen molar-refractivity contribution in [1.82, 2.24) is 4.98 Å². The summed E-state index contributed by atoms with van der Waals surface area (Å²) < 4.78 is 6.41. The lowest BCUT2D eigenvalue weighted by Crippen LogP contribution is -2.30. The second-order valence-electron chi connectivity index (χ2n) is 3.60. The smallest absolute Gasteiger partial charge is 0.269 e. The van der Waals surface area contributed by atoms with E-state index in [0.717, 1.165) is 15.4 Å². The van der Waals surface area contributed by atoms with Crippen LogP contribution in [0.15, 0.2) is 34.9 Å². The van der Waals surface area contributed by atoms with Crippen LogP contribution in [-0.4, -0.2) is 22.6 Å². The number of aromatic nitrogens is 1. The number of halogens is 1. The van der Waals surface area contributed by atoms with Gasteiger partial charge < -0.3 is 10.5 Å². The maximum Gasteiger partial charge on any atom is 0.269 e. The average Bonchev–Trinajstić information content (AvgIpc) is 2.35. The molecule has 4 nitrogen and oxygen atoms in total. The largest absolute Gasteiger partial charge is 0.470 e. The average molecular weight is 327 g/mol. The van der Waals surface area contributed by atoms with Gasteiger partial charge in [0.05, 0.1) is 5.52 Å². The van der Waals surface area contributed by atoms with Crippen molar-refractivity contribution in [3.05, 3.63) is 34.9 Å². The van der Waals surface area contributed by atoms with E-state index in [2.05, 4.69) is 20.9 Å². The fourth-order valence-corrected chi connectivity index (χ4v) is 2.29. The fraction of sp³-hybridized carbons (Fsp3) is 0.167. The number of thioether (sulfide) groups is 1. The molecule has 2 N–H and O–H groups in total. The first-order valence-corrected chi connectivity index (χ1v) is 7.22. The number of pyridine rings is 1. The molecule has 94 valence electrons. The predicted molar refractivity (Wildman–Crippen MR) is 76.6 cm³/mol. The Labute approximate surface area is 117 Å². The first-order chi connectivity index (χ1) is 8.60. The molecule has 1 aromatic heterocycles. The molecule has 1 amide bonds. The van der Waals surface area contributed by atoms with Crippen molar-refractivity contribution in [2.75, 3.05) is 6.26 Å². The van der Waals surface area contributed by atoms with Crippen molar-refractivity contribution in [2.24, 2.45) is 5.73 Å². The monoisotopic (exact) mass is 326 g/mol. The molecule has 0 aliphatic heterocycles. The molecular weight excluding hydrogens is 316 g/mol. The Morgan fingerprint density at radius 2 is 2.28 bits per heavy atom. The van der Waals surface area contributed by atoms with Gasteiger partial charge in [0.25, 0.3) is 5.91 Å². The van der Waals surface area contributed by atoms with Crippen LogP contribution >= 0.6 is 27.7 Å². The third kappa shape index (κ3) is 2.94. The minimum atomic E-state index is -0.678. The minimum absolute atomic E-state index is 0.491. The van der Waals surface area contributed by atoms with Gasteiger partial charge in [0, 0.05) is 16.1 Å². The van der Waals surface area contributed by atoms with Gasteiger partial charge >= 0.3 is 0 Å². The van der Waals surface area contributed by atoms with E-state index in [-0.39, 0.29) is 0 Å². The zero-order chi connectivity index (χ0) is 13.1. The number of primary amides is 1. The number of benzene rings is 1. The fourth-order valence-electron chi connectivity index (χ4n) is 1.50. The zero-order valence-electron chi connectivity index (χ0n) is 9.59. The van der Waals surface area contributed by atoms with Gasteiger partial charge in [-0.1, -0.05) is 0 Å². The van der Waals surface area contributed by atoms with Crippen molar-refractivity contribution < 1.29 is 9.53 Å². The number of amides is 1. The summed E-state index contributed by atoms with van der Waals surface area (Å²) in [6.07, 6.45) is 3.51. The van der Waals surface area contributed by atoms with Gasteiger partial charge in [0.2, 0.25) is 5.44 Å². The van der Waals surface area contributed by atoms with E-state index in [1.165, 1.54) is 11.8 Å². The van der Waals surface area contributed by atoms with Crippen LogP contribution in [0.1, 0.15) is 0 Å². The maximum atomic E-state index is 11.1. The van der Waals surface area contributed by atoms with E-state index in [9.17, 15) is 4.79 Å². The summed E-state index contributed by atoms with van der Waals surface area (Å²) in [5.41, 5.74) is 5.42. The van der Waals surface area contributed by atoms with E-state index >= 15 is 0 Å². The molecule has 0 radical (unpaired) electrons. The third-order valence-electron chi connectivity index (χ3n) is 2.31. The van der Waals surface area contributed by atoms with Crippen molar-refractivity contribution in [2.45, 2.75) is 5.44 Å². The number of fused-ring (bicyclic) bond motifs is 1. The van der Waals surface area contributed by atoms with Crippen molar-refractivity contribution in [3.63, 3.8) is 0 Å². The Morgan fingerprint density at radius 3 is 2.94 bits per heavy atom. The zero-order valence-corrected chi connectivity index (χ0v) is 12.0. The van der Waals surface area contributed by atoms with Crippen LogP contribution < -0.4 is 10.5 Å². The number of nitrogens with zero attached hydrogens (tertiary/aromatic N) is 1. The molecule has 2 rings (SSSR count). The highest BCUT2D eigenvalue weighted by Crippen LogP contribution is 2.24. The number of rotatable bonds is 4. The van der Waals surface area contributed by atoms with Crippen LogP contribution in [0, 0.1) is 0 Å². The Morgan fingerprint density at radius 1 is 1.50 bits per heavy atom. The van der Waals surface area contributed by atoms with Crippen LogP contribution in [0.2, 0.25) is 0 Å². The first kappa shape index (κ1) is 13.2. The highest BCUT2D eigenvalue weighted by molar-refractivity contribution is 9.10. The Hall–Kier alpha value is -1.27. The molecule has 18 heavy (non-hydrogen) atoms. The SMILES string of the molecule is CSC(Oc1ccc2ncc(Br)cc2c1)C(N)=O. The number of ether oxygens (including phenoxy) is 1. The second-order valence-corrected chi connectivity index (χ2v) is 5.41. The second kappa shape index (κ2) is 5.58. The molecule has 2 aromatic rings. The summed E-state index contributed by atoms with van der Waals surface area (Å²) in [4.78, 5) is 15.4. The Kier molecular flexibility index (Phi) is 4.08. The Balaban J connectivity index is 2.31. The number of carbonyl (C=O) groups excluding carboxylic acids is 1. The van der Waals surface area contributed by atoms with Crippen molar-refractivity contribution in [3.8, 4) is 5.75 Å². The lowest BCUT2D eigenvalue weighted by atomic mass is 10.2. The van der Waals surface area contributed by atoms with Gasteiger partial charge in [-0.05, 0) is 46.5 Å². The molecule has 0 aliphatic rings. The summed E-state index contributed by atoms with van der Waals surface area (Å²) in [5, 5.41) is 0.936. The summed E-state index contributed by atoms with van der Waals surface area (Å²) >= 11 is 4.62. The van der Waals surface area contributed by atoms with Crippen molar-refractivity contribution >= 4 is 44.5 Å². The predicted octanol–water partition coefficient (Wildman–Crippen LogP) is 2.55. The molecule has 0 bridgehead atoms. The molecule has 1 heterocycles.